The molecule has 8 nitrogen and oxygen atoms in total. The third-order valence-corrected chi connectivity index (χ3v) is 25.9. The molecule has 1 N–H and O–H groups in total. The summed E-state index contributed by atoms with van der Waals surface area (Å²) in [6.45, 7) is 4.67. The molecular formula is C109H70N8S. The summed E-state index contributed by atoms with van der Waals surface area (Å²) in [6.07, 6.45) is -0.372. The van der Waals surface area contributed by atoms with Crippen LogP contribution in [-0.2, 0) is 5.41 Å². The van der Waals surface area contributed by atoms with Crippen LogP contribution in [0.3, 0.4) is 0 Å². The third kappa shape index (κ3) is 11.1. The maximum atomic E-state index is 5.48. The number of thiophene rings is 1. The fourth-order valence-electron chi connectivity index (χ4n) is 18.8. The first-order valence-electron chi connectivity index (χ1n) is 40.3. The van der Waals surface area contributed by atoms with Gasteiger partial charge in [-0.05, 0) is 213 Å². The lowest BCUT2D eigenvalue weighted by atomic mass is 9.82. The molecule has 1 aliphatic carbocycles. The number of rotatable bonds is 11. The number of amidine groups is 2. The Morgan fingerprint density at radius 2 is 0.797 bits per heavy atom. The van der Waals surface area contributed by atoms with Crippen molar-refractivity contribution in [1.82, 2.24) is 29.4 Å². The quantitative estimate of drug-likeness (QED) is 0.140. The summed E-state index contributed by atoms with van der Waals surface area (Å²) in [4.78, 5) is 27.2. The zero-order valence-corrected chi connectivity index (χ0v) is 65.2. The van der Waals surface area contributed by atoms with Gasteiger partial charge in [0.15, 0.2) is 23.3 Å². The van der Waals surface area contributed by atoms with E-state index in [9.17, 15) is 0 Å². The molecule has 0 amide bonds. The molecule has 22 aromatic rings. The predicted octanol–water partition coefficient (Wildman–Crippen LogP) is 27.9. The Kier molecular flexibility index (Phi) is 15.2. The van der Waals surface area contributed by atoms with Crippen LogP contribution in [0.25, 0.3) is 197 Å². The molecule has 0 fully saturated rings. The lowest BCUT2D eigenvalue weighted by molar-refractivity contribution is 0.658. The van der Waals surface area contributed by atoms with E-state index in [1.165, 1.54) is 74.9 Å². The Balaban J connectivity index is 0.556. The first-order valence-corrected chi connectivity index (χ1v) is 41.2. The minimum atomic E-state index is -0.372. The molecule has 24 rings (SSSR count). The molecule has 1 aliphatic heterocycles. The average Bonchev–Trinajstić information content (AvgIpc) is 1.57. The predicted molar refractivity (Wildman–Crippen MR) is 493 cm³/mol. The Bertz CT molecular complexity index is 8080. The number of benzene rings is 18. The zero-order valence-electron chi connectivity index (χ0n) is 64.4. The van der Waals surface area contributed by atoms with E-state index in [0.29, 0.717) is 23.3 Å². The van der Waals surface area contributed by atoms with E-state index < -0.39 is 0 Å². The average molecular weight is 1520 g/mol. The second-order valence-corrected chi connectivity index (χ2v) is 33.0. The number of para-hydroxylation sites is 2. The van der Waals surface area contributed by atoms with Gasteiger partial charge in [-0.2, -0.15) is 0 Å². The highest BCUT2D eigenvalue weighted by Gasteiger charge is 2.36. The molecule has 4 aromatic heterocycles. The summed E-state index contributed by atoms with van der Waals surface area (Å²) in [5.41, 5.74) is 24.6. The van der Waals surface area contributed by atoms with E-state index >= 15 is 0 Å². The molecule has 1 atom stereocenters. The number of nitrogens with zero attached hydrogens (tertiary/aromatic N) is 7. The van der Waals surface area contributed by atoms with Crippen molar-refractivity contribution in [2.75, 3.05) is 0 Å². The molecule has 0 spiro atoms. The molecule has 0 saturated heterocycles. The number of hydrogen-bond donors (Lipinski definition) is 1. The number of aromatic nitrogens is 5. The molecule has 5 heterocycles. The lowest BCUT2D eigenvalue weighted by Crippen LogP contribution is -2.33. The van der Waals surface area contributed by atoms with Crippen LogP contribution in [0.4, 0.5) is 0 Å². The van der Waals surface area contributed by atoms with Crippen LogP contribution in [-0.4, -0.2) is 35.8 Å². The van der Waals surface area contributed by atoms with E-state index in [0.717, 1.165) is 138 Å². The summed E-state index contributed by atoms with van der Waals surface area (Å²) >= 11 is 1.82. The summed E-state index contributed by atoms with van der Waals surface area (Å²) in [6, 6.07) is 137. The fourth-order valence-corrected chi connectivity index (χ4v) is 19.9. The van der Waals surface area contributed by atoms with Gasteiger partial charge < -0.3 is 14.5 Å². The van der Waals surface area contributed by atoms with Gasteiger partial charge in [-0.15, -0.1) is 11.3 Å². The Hall–Kier alpha value is -15.0. The van der Waals surface area contributed by atoms with Gasteiger partial charge in [0.2, 0.25) is 0 Å². The molecule has 0 bridgehead atoms. The third-order valence-electron chi connectivity index (χ3n) is 24.7. The fraction of sp³-hybridized carbons (Fsp3) is 0.0367. The monoisotopic (exact) mass is 1520 g/mol. The first kappa shape index (κ1) is 67.5. The lowest BCUT2D eigenvalue weighted by Gasteiger charge is -2.25. The van der Waals surface area contributed by atoms with Gasteiger partial charge in [-0.3, -0.25) is 0 Å². The normalized spacial score (nSPS) is 13.8. The van der Waals surface area contributed by atoms with Gasteiger partial charge in [0.1, 0.15) is 12.0 Å². The summed E-state index contributed by atoms with van der Waals surface area (Å²) in [5.74, 6) is 3.34. The molecule has 552 valence electrons. The standard InChI is InChI=1S/C109H70N8S/c1-109(2)95-34-13-10-30-85(95)86-50-48-81(61-96(86)109)107-111-103(77-44-41-66-21-6-8-23-70(66)53-77)110-104(112-107)79-46-43-74-58-92-87-31-11-14-35-97(87)116(99(92)62-82(74)55-79)83-28-17-26-73(57-83)68-37-39-69(40-38-68)75-47-51-89-94-60-80(49-52-101(94)118-102(89)63-75)106-113-105(78-45-42-67-22-7-9-24-71(67)54-78)114-108(115-106)90-33-18-27-76-59-93-88-32-12-15-36-98(88)117(100(93)64-91(76)90)84-29-16-25-72(56-84)65-19-4-3-5-20-65/h3-64,103H,1-2H3,(H,110,111,112). The van der Waals surface area contributed by atoms with Gasteiger partial charge >= 0.3 is 0 Å². The van der Waals surface area contributed by atoms with E-state index in [2.05, 4.69) is 404 Å². The van der Waals surface area contributed by atoms with Crippen molar-refractivity contribution in [3.05, 3.63) is 404 Å². The van der Waals surface area contributed by atoms with Crippen molar-refractivity contribution in [3.8, 4) is 90.0 Å². The highest BCUT2D eigenvalue weighted by atomic mass is 32.1. The smallest absolute Gasteiger partial charge is 0.164 e. The zero-order chi connectivity index (χ0) is 77.8. The van der Waals surface area contributed by atoms with Crippen LogP contribution in [0.1, 0.15) is 47.8 Å². The van der Waals surface area contributed by atoms with Crippen molar-refractivity contribution in [3.63, 3.8) is 0 Å². The minimum Gasteiger partial charge on any atom is -0.344 e. The van der Waals surface area contributed by atoms with E-state index in [1.54, 1.807) is 0 Å². The summed E-state index contributed by atoms with van der Waals surface area (Å²) in [5, 5.41) is 20.0. The highest BCUT2D eigenvalue weighted by molar-refractivity contribution is 7.25. The first-order chi connectivity index (χ1) is 58.1. The molecule has 2 aliphatic rings. The molecular weight excluding hydrogens is 1450 g/mol. The molecule has 0 saturated carbocycles. The Morgan fingerprint density at radius 1 is 0.280 bits per heavy atom. The van der Waals surface area contributed by atoms with Crippen molar-refractivity contribution < 1.29 is 0 Å². The Labute approximate surface area is 684 Å². The van der Waals surface area contributed by atoms with Crippen molar-refractivity contribution in [2.24, 2.45) is 9.98 Å². The van der Waals surface area contributed by atoms with Gasteiger partial charge in [0, 0.05) is 86.3 Å². The maximum Gasteiger partial charge on any atom is 0.164 e. The molecule has 1 unspecified atom stereocenters. The molecule has 0 radical (unpaired) electrons. The second kappa shape index (κ2) is 26.5. The van der Waals surface area contributed by atoms with Crippen molar-refractivity contribution in [1.29, 1.82) is 0 Å². The number of aliphatic imine (C=N–C) groups is 2. The van der Waals surface area contributed by atoms with Crippen molar-refractivity contribution in [2.45, 2.75) is 25.4 Å². The van der Waals surface area contributed by atoms with Gasteiger partial charge in [-0.25, -0.2) is 24.9 Å². The maximum absolute atomic E-state index is 5.48. The number of fused-ring (bicyclic) bond motifs is 16. The highest BCUT2D eigenvalue weighted by Crippen LogP contribution is 2.50. The molecule has 9 heteroatoms. The SMILES string of the molecule is CC1(C)c2ccccc2-c2ccc(C3=NC(c4ccc5cc6c7ccccc7n(-c7cccc(-c8ccc(-c9ccc%10c(c9)sc9ccc(-c%11nc(-c%12ccc%13ccccc%13c%12)nc(-c%12cccc%13cc%14c%15ccccc%15n(-c%15cccc(-c%16ccccc%16)c%15)c%14cc%12%13)n%11)cc9%10)cc8)c7)c6cc5c4)=NC(c4ccc5ccccc5c4)N3)cc21. The van der Waals surface area contributed by atoms with Crippen LogP contribution in [0.15, 0.2) is 386 Å². The van der Waals surface area contributed by atoms with E-state index in [4.69, 9.17) is 24.9 Å². The van der Waals surface area contributed by atoms with Gasteiger partial charge in [0.25, 0.3) is 0 Å². The van der Waals surface area contributed by atoms with Gasteiger partial charge in [-0.1, -0.05) is 281 Å². The topological polar surface area (TPSA) is 85.3 Å². The van der Waals surface area contributed by atoms with E-state index in [1.807, 2.05) is 11.3 Å². The minimum absolute atomic E-state index is 0.164. The summed E-state index contributed by atoms with van der Waals surface area (Å²) < 4.78 is 7.25. The van der Waals surface area contributed by atoms with Crippen LogP contribution in [0.2, 0.25) is 0 Å². The Morgan fingerprint density at radius 3 is 1.54 bits per heavy atom. The van der Waals surface area contributed by atoms with Crippen LogP contribution in [0, 0.1) is 0 Å². The largest absolute Gasteiger partial charge is 0.344 e. The van der Waals surface area contributed by atoms with Crippen LogP contribution < -0.4 is 5.32 Å². The number of nitrogens with one attached hydrogen (secondary N) is 1. The van der Waals surface area contributed by atoms with Gasteiger partial charge in [0.05, 0.1) is 22.1 Å². The van der Waals surface area contributed by atoms with Crippen molar-refractivity contribution >= 4 is 130 Å². The summed E-state index contributed by atoms with van der Waals surface area (Å²) in [7, 11) is 0. The van der Waals surface area contributed by atoms with Crippen LogP contribution in [0.5, 0.6) is 0 Å². The second-order valence-electron chi connectivity index (χ2n) is 32.0. The van der Waals surface area contributed by atoms with E-state index in [-0.39, 0.29) is 11.6 Å². The number of hydrogen-bond acceptors (Lipinski definition) is 7. The molecule has 18 aromatic carbocycles. The van der Waals surface area contributed by atoms with Crippen LogP contribution >= 0.6 is 11.3 Å². The molecule has 118 heavy (non-hydrogen) atoms.